The lowest BCUT2D eigenvalue weighted by molar-refractivity contribution is -0.114. The van der Waals surface area contributed by atoms with E-state index in [2.05, 4.69) is 17.2 Å². The molecular weight excluding hydrogens is 462 g/mol. The Hall–Kier alpha value is -2.53. The monoisotopic (exact) mass is 489 g/mol. The zero-order valence-electron chi connectivity index (χ0n) is 18.9. The Morgan fingerprint density at radius 1 is 1.24 bits per heavy atom. The molecule has 1 N–H and O–H groups in total. The fourth-order valence-corrected chi connectivity index (χ4v) is 6.78. The highest BCUT2D eigenvalue weighted by molar-refractivity contribution is 7.91. The average Bonchev–Trinajstić information content (AvgIpc) is 3.46. The Balaban J connectivity index is 1.57. The molecule has 1 aliphatic carbocycles. The van der Waals surface area contributed by atoms with Crippen molar-refractivity contribution in [3.63, 3.8) is 0 Å². The van der Waals surface area contributed by atoms with Gasteiger partial charge in [-0.25, -0.2) is 18.4 Å². The number of sulfone groups is 1. The van der Waals surface area contributed by atoms with Gasteiger partial charge >= 0.3 is 0 Å². The Bertz CT molecular complexity index is 1240. The van der Waals surface area contributed by atoms with Gasteiger partial charge in [0.05, 0.1) is 33.3 Å². The maximum Gasteiger partial charge on any atom is 0.258 e. The second kappa shape index (κ2) is 8.05. The Morgan fingerprint density at radius 3 is 2.58 bits per heavy atom. The van der Waals surface area contributed by atoms with Gasteiger partial charge in [-0.05, 0) is 44.2 Å². The van der Waals surface area contributed by atoms with E-state index in [4.69, 9.17) is 4.98 Å². The van der Waals surface area contributed by atoms with E-state index < -0.39 is 9.84 Å². The number of carbonyl (C=O) groups is 2. The molecule has 0 spiro atoms. The number of nitrogens with zero attached hydrogens (tertiary/aromatic N) is 4. The van der Waals surface area contributed by atoms with Crippen LogP contribution in [0.2, 0.25) is 0 Å². The number of aromatic nitrogens is 2. The average molecular weight is 490 g/mol. The van der Waals surface area contributed by atoms with Crippen LogP contribution in [0.4, 0.5) is 10.9 Å². The number of hydrogen-bond acceptors (Lipinski definition) is 8. The Morgan fingerprint density at radius 2 is 1.94 bits per heavy atom. The van der Waals surface area contributed by atoms with Crippen molar-refractivity contribution in [2.45, 2.75) is 46.2 Å². The molecule has 1 saturated carbocycles. The summed E-state index contributed by atoms with van der Waals surface area (Å²) < 4.78 is 24.0. The van der Waals surface area contributed by atoms with Gasteiger partial charge in [0.1, 0.15) is 5.82 Å². The summed E-state index contributed by atoms with van der Waals surface area (Å²) in [6.07, 6.45) is 2.29. The fraction of sp³-hybridized carbons (Fsp3) is 0.545. The maximum atomic E-state index is 13.5. The van der Waals surface area contributed by atoms with Crippen LogP contribution in [-0.2, 0) is 21.2 Å². The third-order valence-corrected chi connectivity index (χ3v) is 9.35. The molecule has 1 atom stereocenters. The predicted octanol–water partition coefficient (Wildman–Crippen LogP) is 2.46. The summed E-state index contributed by atoms with van der Waals surface area (Å²) in [5.41, 5.74) is 2.94. The van der Waals surface area contributed by atoms with Crippen LogP contribution in [0.15, 0.2) is 6.07 Å². The number of thiazole rings is 1. The summed E-state index contributed by atoms with van der Waals surface area (Å²) in [6, 6.07) is 2.12. The van der Waals surface area contributed by atoms with Crippen molar-refractivity contribution in [2.24, 2.45) is 5.92 Å². The molecule has 0 aromatic carbocycles. The summed E-state index contributed by atoms with van der Waals surface area (Å²) in [6.45, 7) is 6.57. The van der Waals surface area contributed by atoms with Gasteiger partial charge in [-0.2, -0.15) is 0 Å². The molecule has 2 aliphatic heterocycles. The second-order valence-corrected chi connectivity index (χ2v) is 12.4. The second-order valence-electron chi connectivity index (χ2n) is 9.13. The molecule has 2 aromatic rings. The number of aryl methyl sites for hydroxylation is 1. The first-order chi connectivity index (χ1) is 15.6. The summed E-state index contributed by atoms with van der Waals surface area (Å²) in [5, 5.41) is 3.23. The van der Waals surface area contributed by atoms with Crippen molar-refractivity contribution in [2.75, 3.05) is 34.8 Å². The van der Waals surface area contributed by atoms with E-state index in [-0.39, 0.29) is 29.4 Å². The molecule has 1 saturated heterocycles. The smallest absolute Gasteiger partial charge is 0.258 e. The quantitative estimate of drug-likeness (QED) is 0.686. The van der Waals surface area contributed by atoms with E-state index in [9.17, 15) is 18.0 Å². The highest BCUT2D eigenvalue weighted by Gasteiger charge is 2.41. The molecule has 4 heterocycles. The van der Waals surface area contributed by atoms with Crippen LogP contribution in [0.5, 0.6) is 0 Å². The first-order valence-corrected chi connectivity index (χ1v) is 13.8. The number of carbonyl (C=O) groups excluding carboxylic acids is 2. The number of anilines is 2. The molecule has 0 bridgehead atoms. The van der Waals surface area contributed by atoms with E-state index in [1.807, 2.05) is 22.8 Å². The topological polar surface area (TPSA) is 113 Å². The molecule has 176 valence electrons. The van der Waals surface area contributed by atoms with Crippen molar-refractivity contribution >= 4 is 43.9 Å². The van der Waals surface area contributed by atoms with Crippen LogP contribution in [0.3, 0.4) is 0 Å². The number of amides is 2. The van der Waals surface area contributed by atoms with Crippen molar-refractivity contribution in [1.29, 1.82) is 0 Å². The minimum Gasteiger partial charge on any atom is -0.354 e. The fourth-order valence-electron chi connectivity index (χ4n) is 4.61. The number of hydrogen-bond donors (Lipinski definition) is 1. The Kier molecular flexibility index (Phi) is 5.43. The lowest BCUT2D eigenvalue weighted by Crippen LogP contribution is -2.42. The number of fused-ring (bicyclic) bond motifs is 1. The van der Waals surface area contributed by atoms with Gasteiger partial charge < -0.3 is 15.1 Å². The van der Waals surface area contributed by atoms with Crippen LogP contribution in [-0.4, -0.2) is 65.7 Å². The maximum absolute atomic E-state index is 13.5. The number of nitrogens with one attached hydrogen (secondary N) is 1. The summed E-state index contributed by atoms with van der Waals surface area (Å²) in [5.74, 6) is 0.992. The highest BCUT2D eigenvalue weighted by Crippen LogP contribution is 2.42. The summed E-state index contributed by atoms with van der Waals surface area (Å²) in [7, 11) is -3.07. The summed E-state index contributed by atoms with van der Waals surface area (Å²) >= 11 is 1.35. The largest absolute Gasteiger partial charge is 0.354 e. The molecule has 11 heteroatoms. The lowest BCUT2D eigenvalue weighted by atomic mass is 10.1. The zero-order valence-corrected chi connectivity index (χ0v) is 20.6. The van der Waals surface area contributed by atoms with Crippen molar-refractivity contribution in [3.05, 3.63) is 22.9 Å². The Labute approximate surface area is 197 Å². The van der Waals surface area contributed by atoms with Gasteiger partial charge in [0.2, 0.25) is 5.91 Å². The number of rotatable bonds is 5. The minimum absolute atomic E-state index is 0.0214. The normalized spacial score (nSPS) is 20.6. The third kappa shape index (κ3) is 4.23. The van der Waals surface area contributed by atoms with E-state index in [1.54, 1.807) is 0 Å². The van der Waals surface area contributed by atoms with Crippen molar-refractivity contribution in [1.82, 2.24) is 14.9 Å². The van der Waals surface area contributed by atoms with Crippen LogP contribution in [0.25, 0.3) is 10.6 Å². The first kappa shape index (κ1) is 22.3. The minimum atomic E-state index is -3.07. The molecule has 2 amide bonds. The first-order valence-electron chi connectivity index (χ1n) is 11.2. The standard InChI is InChI=1S/C22H27N5O4S2/c1-12-19(32-22(23-12)24-14(3)28)17-10-16-11-27(13(2)15-4-5-15)21(29)18(16)20(25-17)26-6-8-33(30,31)9-7-26/h10,13,15H,4-9,11H2,1-3H3,(H,23,24,28)/t13-/m0/s1. The van der Waals surface area contributed by atoms with Crippen LogP contribution in [0, 0.1) is 12.8 Å². The molecule has 2 fully saturated rings. The molecule has 33 heavy (non-hydrogen) atoms. The summed E-state index contributed by atoms with van der Waals surface area (Å²) in [4.78, 5) is 39.0. The van der Waals surface area contributed by atoms with E-state index in [0.29, 0.717) is 47.8 Å². The van der Waals surface area contributed by atoms with Crippen molar-refractivity contribution < 1.29 is 18.0 Å². The molecule has 9 nitrogen and oxygen atoms in total. The lowest BCUT2D eigenvalue weighted by Gasteiger charge is -2.29. The molecule has 3 aliphatic rings. The van der Waals surface area contributed by atoms with Crippen LogP contribution < -0.4 is 10.2 Å². The predicted molar refractivity (Wildman–Crippen MR) is 127 cm³/mol. The molecular formula is C22H27N5O4S2. The van der Waals surface area contributed by atoms with Crippen LogP contribution >= 0.6 is 11.3 Å². The van der Waals surface area contributed by atoms with Gasteiger partial charge in [0.25, 0.3) is 5.91 Å². The molecule has 5 rings (SSSR count). The molecule has 0 unspecified atom stereocenters. The number of pyridine rings is 1. The molecule has 0 radical (unpaired) electrons. The van der Waals surface area contributed by atoms with Gasteiger partial charge in [-0.3, -0.25) is 9.59 Å². The van der Waals surface area contributed by atoms with Gasteiger partial charge in [0.15, 0.2) is 15.0 Å². The van der Waals surface area contributed by atoms with Gasteiger partial charge in [-0.15, -0.1) is 0 Å². The molecule has 2 aromatic heterocycles. The van der Waals surface area contributed by atoms with E-state index >= 15 is 0 Å². The van der Waals surface area contributed by atoms with E-state index in [1.165, 1.54) is 18.3 Å². The van der Waals surface area contributed by atoms with Gasteiger partial charge in [0, 0.05) is 32.6 Å². The van der Waals surface area contributed by atoms with Crippen molar-refractivity contribution in [3.8, 4) is 10.6 Å². The van der Waals surface area contributed by atoms with Gasteiger partial charge in [-0.1, -0.05) is 11.3 Å². The highest BCUT2D eigenvalue weighted by atomic mass is 32.2. The van der Waals surface area contributed by atoms with Crippen LogP contribution in [0.1, 0.15) is 48.3 Å². The third-order valence-electron chi connectivity index (χ3n) is 6.65. The SMILES string of the molecule is CC(=O)Nc1nc(C)c(-c2cc3c(c(N4CCS(=O)(=O)CC4)n2)C(=O)N([C@@H](C)C2CC2)C3)s1. The van der Waals surface area contributed by atoms with E-state index in [0.717, 1.165) is 29.0 Å². The zero-order chi connectivity index (χ0) is 23.5.